The third kappa shape index (κ3) is 4.88. The van der Waals surface area contributed by atoms with E-state index in [-0.39, 0.29) is 11.5 Å². The van der Waals surface area contributed by atoms with Crippen molar-refractivity contribution in [1.29, 1.82) is 0 Å². The summed E-state index contributed by atoms with van der Waals surface area (Å²) in [5.74, 6) is -0.0676. The number of hydrogen-bond acceptors (Lipinski definition) is 4. The number of hydrogen-bond donors (Lipinski definition) is 1. The minimum atomic E-state index is -0.178. The summed E-state index contributed by atoms with van der Waals surface area (Å²) in [6, 6.07) is 12.8. The molecule has 138 valence electrons. The molecule has 0 saturated heterocycles. The highest BCUT2D eigenvalue weighted by Gasteiger charge is 2.07. The van der Waals surface area contributed by atoms with Gasteiger partial charge in [0.05, 0.1) is 5.69 Å². The van der Waals surface area contributed by atoms with Crippen LogP contribution in [-0.2, 0) is 11.3 Å². The molecule has 6 heteroatoms. The fraction of sp³-hybridized carbons (Fsp3) is 0.238. The summed E-state index contributed by atoms with van der Waals surface area (Å²) in [5.41, 5.74) is 4.37. The highest BCUT2D eigenvalue weighted by atomic mass is 16.1. The molecule has 0 aliphatic carbocycles. The third-order valence-electron chi connectivity index (χ3n) is 4.28. The second kappa shape index (κ2) is 8.40. The van der Waals surface area contributed by atoms with E-state index in [4.69, 9.17) is 0 Å². The van der Waals surface area contributed by atoms with Crippen molar-refractivity contribution < 1.29 is 4.79 Å². The molecule has 0 spiro atoms. The summed E-state index contributed by atoms with van der Waals surface area (Å²) in [4.78, 5) is 28.2. The first-order valence-corrected chi connectivity index (χ1v) is 8.88. The molecule has 0 unspecified atom stereocenters. The van der Waals surface area contributed by atoms with Gasteiger partial charge in [-0.2, -0.15) is 5.10 Å². The lowest BCUT2D eigenvalue weighted by Gasteiger charge is -2.10. The van der Waals surface area contributed by atoms with Gasteiger partial charge in [-0.25, -0.2) is 4.68 Å². The fourth-order valence-corrected chi connectivity index (χ4v) is 2.76. The summed E-state index contributed by atoms with van der Waals surface area (Å²) in [6.07, 6.45) is 4.22. The Balaban J connectivity index is 1.61. The molecular weight excluding hydrogens is 340 g/mol. The molecule has 1 amide bonds. The highest BCUT2D eigenvalue weighted by molar-refractivity contribution is 5.91. The van der Waals surface area contributed by atoms with Gasteiger partial charge in [-0.3, -0.25) is 14.6 Å². The molecule has 1 N–H and O–H groups in total. The topological polar surface area (TPSA) is 76.9 Å². The molecule has 0 fully saturated rings. The van der Waals surface area contributed by atoms with Crippen LogP contribution >= 0.6 is 0 Å². The van der Waals surface area contributed by atoms with E-state index in [1.807, 2.05) is 44.2 Å². The van der Waals surface area contributed by atoms with Crippen molar-refractivity contribution in [3.8, 4) is 11.3 Å². The minimum Gasteiger partial charge on any atom is -0.326 e. The number of benzene rings is 1. The molecule has 0 aliphatic rings. The van der Waals surface area contributed by atoms with Crippen LogP contribution < -0.4 is 10.9 Å². The maximum absolute atomic E-state index is 12.2. The molecule has 3 aromatic rings. The quantitative estimate of drug-likeness (QED) is 0.730. The monoisotopic (exact) mass is 362 g/mol. The van der Waals surface area contributed by atoms with Crippen molar-refractivity contribution in [2.75, 3.05) is 5.32 Å². The Morgan fingerprint density at radius 1 is 1.07 bits per heavy atom. The predicted molar refractivity (Wildman–Crippen MR) is 106 cm³/mol. The minimum absolute atomic E-state index is 0.0676. The maximum atomic E-state index is 12.2. The van der Waals surface area contributed by atoms with Crippen LogP contribution in [0.2, 0.25) is 0 Å². The molecule has 0 atom stereocenters. The first-order chi connectivity index (χ1) is 13.0. The molecule has 0 radical (unpaired) electrons. The molecule has 0 bridgehead atoms. The van der Waals surface area contributed by atoms with Crippen molar-refractivity contribution in [2.24, 2.45) is 0 Å². The van der Waals surface area contributed by atoms with Gasteiger partial charge in [0.25, 0.3) is 5.56 Å². The van der Waals surface area contributed by atoms with Gasteiger partial charge >= 0.3 is 0 Å². The third-order valence-corrected chi connectivity index (χ3v) is 4.28. The Kier molecular flexibility index (Phi) is 5.76. The van der Waals surface area contributed by atoms with E-state index in [0.717, 1.165) is 22.4 Å². The summed E-state index contributed by atoms with van der Waals surface area (Å²) >= 11 is 0. The lowest BCUT2D eigenvalue weighted by Crippen LogP contribution is -2.23. The lowest BCUT2D eigenvalue weighted by molar-refractivity contribution is -0.116. The van der Waals surface area contributed by atoms with Gasteiger partial charge in [0.1, 0.15) is 0 Å². The normalized spacial score (nSPS) is 10.6. The van der Waals surface area contributed by atoms with Gasteiger partial charge in [-0.05, 0) is 55.7 Å². The Morgan fingerprint density at radius 3 is 2.63 bits per heavy atom. The van der Waals surface area contributed by atoms with Gasteiger partial charge in [0.15, 0.2) is 0 Å². The number of aryl methyl sites for hydroxylation is 3. The molecule has 1 aromatic carbocycles. The molecular formula is C21H22N4O2. The molecule has 2 heterocycles. The van der Waals surface area contributed by atoms with Gasteiger partial charge in [0, 0.05) is 42.7 Å². The van der Waals surface area contributed by atoms with Crippen molar-refractivity contribution >= 4 is 11.6 Å². The van der Waals surface area contributed by atoms with Crippen LogP contribution in [0.15, 0.2) is 59.7 Å². The zero-order chi connectivity index (χ0) is 19.2. The number of carbonyl (C=O) groups excluding carboxylic acids is 1. The van der Waals surface area contributed by atoms with Crippen molar-refractivity contribution in [2.45, 2.75) is 33.2 Å². The molecule has 6 nitrogen and oxygen atoms in total. The molecule has 0 aliphatic heterocycles. The largest absolute Gasteiger partial charge is 0.326 e. The molecule has 2 aromatic heterocycles. The van der Waals surface area contributed by atoms with Gasteiger partial charge < -0.3 is 5.32 Å². The Hall–Kier alpha value is -3.28. The molecule has 27 heavy (non-hydrogen) atoms. The number of rotatable bonds is 6. The first-order valence-electron chi connectivity index (χ1n) is 8.88. The van der Waals surface area contributed by atoms with Gasteiger partial charge in [-0.1, -0.05) is 12.1 Å². The molecule has 0 saturated carbocycles. The summed E-state index contributed by atoms with van der Waals surface area (Å²) in [7, 11) is 0. The average molecular weight is 362 g/mol. The number of nitrogens with one attached hydrogen (secondary N) is 1. The van der Waals surface area contributed by atoms with Crippen LogP contribution in [0.25, 0.3) is 11.3 Å². The van der Waals surface area contributed by atoms with Crippen LogP contribution in [0, 0.1) is 13.8 Å². The first kappa shape index (κ1) is 18.5. The van der Waals surface area contributed by atoms with Crippen LogP contribution in [0.3, 0.4) is 0 Å². The summed E-state index contributed by atoms with van der Waals surface area (Å²) in [5, 5.41) is 7.33. The van der Waals surface area contributed by atoms with E-state index in [0.29, 0.717) is 25.1 Å². The fourth-order valence-electron chi connectivity index (χ4n) is 2.76. The van der Waals surface area contributed by atoms with Crippen molar-refractivity contribution in [3.63, 3.8) is 0 Å². The average Bonchev–Trinajstić information content (AvgIpc) is 2.67. The van der Waals surface area contributed by atoms with Gasteiger partial charge in [-0.15, -0.1) is 0 Å². The second-order valence-electron chi connectivity index (χ2n) is 6.49. The van der Waals surface area contributed by atoms with E-state index in [9.17, 15) is 9.59 Å². The van der Waals surface area contributed by atoms with Crippen LogP contribution in [0.1, 0.15) is 24.0 Å². The number of nitrogens with zero attached hydrogens (tertiary/aromatic N) is 3. The highest BCUT2D eigenvalue weighted by Crippen LogP contribution is 2.17. The van der Waals surface area contributed by atoms with E-state index < -0.39 is 0 Å². The number of carbonyl (C=O) groups is 1. The second-order valence-corrected chi connectivity index (χ2v) is 6.49. The smallest absolute Gasteiger partial charge is 0.266 e. The van der Waals surface area contributed by atoms with E-state index >= 15 is 0 Å². The Bertz CT molecular complexity index is 997. The van der Waals surface area contributed by atoms with Crippen molar-refractivity contribution in [1.82, 2.24) is 14.8 Å². The lowest BCUT2D eigenvalue weighted by atomic mass is 10.1. The van der Waals surface area contributed by atoms with E-state index in [1.54, 1.807) is 18.5 Å². The zero-order valence-electron chi connectivity index (χ0n) is 15.5. The predicted octanol–water partition coefficient (Wildman–Crippen LogP) is 3.34. The van der Waals surface area contributed by atoms with Crippen LogP contribution in [0.5, 0.6) is 0 Å². The zero-order valence-corrected chi connectivity index (χ0v) is 15.5. The standard InChI is InChI=1S/C21H22N4O2/c1-15-5-6-16(2)19(14-15)23-20(26)4-3-13-25-21(27)8-7-18(24-25)17-9-11-22-12-10-17/h5-12,14H,3-4,13H2,1-2H3,(H,23,26). The number of pyridine rings is 1. The summed E-state index contributed by atoms with van der Waals surface area (Å²) < 4.78 is 1.40. The number of amides is 1. The summed E-state index contributed by atoms with van der Waals surface area (Å²) in [6.45, 7) is 4.34. The Labute approximate surface area is 157 Å². The molecule has 3 rings (SSSR count). The van der Waals surface area contributed by atoms with Crippen LogP contribution in [-0.4, -0.2) is 20.7 Å². The van der Waals surface area contributed by atoms with E-state index in [2.05, 4.69) is 15.4 Å². The van der Waals surface area contributed by atoms with Gasteiger partial charge in [0.2, 0.25) is 5.91 Å². The SMILES string of the molecule is Cc1ccc(C)c(NC(=O)CCCn2nc(-c3ccncc3)ccc2=O)c1. The number of anilines is 1. The number of aromatic nitrogens is 3. The maximum Gasteiger partial charge on any atom is 0.266 e. The van der Waals surface area contributed by atoms with E-state index in [1.165, 1.54) is 10.7 Å². The Morgan fingerprint density at radius 2 is 1.85 bits per heavy atom. The van der Waals surface area contributed by atoms with Crippen LogP contribution in [0.4, 0.5) is 5.69 Å². The van der Waals surface area contributed by atoms with Crippen molar-refractivity contribution in [3.05, 3.63) is 76.3 Å².